The monoisotopic (exact) mass is 376 g/mol. The van der Waals surface area contributed by atoms with Gasteiger partial charge in [-0.25, -0.2) is 0 Å². The Morgan fingerprint density at radius 3 is 2.14 bits per heavy atom. The van der Waals surface area contributed by atoms with E-state index in [-0.39, 0.29) is 11.1 Å². The molecule has 3 aromatic rings. The Morgan fingerprint density at radius 2 is 1.46 bits per heavy atom. The van der Waals surface area contributed by atoms with Crippen molar-refractivity contribution in [2.24, 2.45) is 0 Å². The van der Waals surface area contributed by atoms with Gasteiger partial charge in [0, 0.05) is 28.6 Å². The second kappa shape index (κ2) is 6.20. The summed E-state index contributed by atoms with van der Waals surface area (Å²) in [6, 6.07) is 14.2. The van der Waals surface area contributed by atoms with E-state index < -0.39 is 44.8 Å². The number of phenols is 2. The van der Waals surface area contributed by atoms with E-state index in [4.69, 9.17) is 0 Å². The zero-order chi connectivity index (χ0) is 20.0. The normalized spacial score (nSPS) is 12.3. The molecular weight excluding hydrogens is 364 g/mol. The number of fused-ring (bicyclic) bond motifs is 2. The number of hydrogen-bond donors (Lipinski definition) is 3. The molecule has 3 N–H and O–H groups in total. The molecule has 3 aromatic carbocycles. The minimum Gasteiger partial charge on any atom is -0.507 e. The van der Waals surface area contributed by atoms with Crippen molar-refractivity contribution in [3.8, 4) is 11.5 Å². The molecule has 4 rings (SSSR count). The molecule has 0 heterocycles. The number of para-hydroxylation sites is 1. The van der Waals surface area contributed by atoms with Crippen LogP contribution in [0.15, 0.2) is 54.6 Å². The van der Waals surface area contributed by atoms with E-state index in [1.807, 2.05) is 30.3 Å². The predicted molar refractivity (Wildman–Crippen MR) is 99.5 cm³/mol. The zero-order valence-corrected chi connectivity index (χ0v) is 14.2. The van der Waals surface area contributed by atoms with Crippen LogP contribution in [0.1, 0.15) is 31.8 Å². The summed E-state index contributed by atoms with van der Waals surface area (Å²) in [5.41, 5.74) is -0.779. The number of nitro benzene ring substituents is 1. The second-order valence-electron chi connectivity index (χ2n) is 6.18. The topological polar surface area (TPSA) is 130 Å². The van der Waals surface area contributed by atoms with Crippen LogP contribution in [0.2, 0.25) is 0 Å². The Bertz CT molecular complexity index is 1170. The third-order valence-electron chi connectivity index (χ3n) is 4.47. The van der Waals surface area contributed by atoms with Crippen molar-refractivity contribution in [1.82, 2.24) is 0 Å². The Balaban J connectivity index is 1.88. The van der Waals surface area contributed by atoms with Crippen LogP contribution in [0, 0.1) is 10.1 Å². The SMILES string of the molecule is O=C1c2ccc(Nc3ccccc3)cc2C(=O)c2c1c(O)cc(O)c2[N+](=O)[O-]. The van der Waals surface area contributed by atoms with E-state index >= 15 is 0 Å². The molecule has 0 saturated carbocycles. The maximum Gasteiger partial charge on any atom is 0.322 e. The average molecular weight is 376 g/mol. The van der Waals surface area contributed by atoms with Crippen LogP contribution in [0.4, 0.5) is 17.1 Å². The lowest BCUT2D eigenvalue weighted by Gasteiger charge is -2.19. The molecule has 8 nitrogen and oxygen atoms in total. The molecule has 0 saturated heterocycles. The van der Waals surface area contributed by atoms with Crippen LogP contribution >= 0.6 is 0 Å². The number of ketones is 2. The smallest absolute Gasteiger partial charge is 0.322 e. The molecule has 0 bridgehead atoms. The number of aromatic hydroxyl groups is 2. The highest BCUT2D eigenvalue weighted by Gasteiger charge is 2.40. The molecule has 0 radical (unpaired) electrons. The first-order chi connectivity index (χ1) is 13.4. The third kappa shape index (κ3) is 2.55. The number of rotatable bonds is 3. The molecule has 0 atom stereocenters. The first kappa shape index (κ1) is 17.2. The van der Waals surface area contributed by atoms with Gasteiger partial charge in [-0.05, 0) is 30.3 Å². The number of nitrogens with zero attached hydrogens (tertiary/aromatic N) is 1. The summed E-state index contributed by atoms with van der Waals surface area (Å²) in [5.74, 6) is -3.12. The highest BCUT2D eigenvalue weighted by Crippen LogP contribution is 2.43. The number of carbonyl (C=O) groups excluding carboxylic acids is 2. The third-order valence-corrected chi connectivity index (χ3v) is 4.47. The standard InChI is InChI=1S/C20H12N2O6/c23-14-9-15(24)18(22(27)28)17-16(14)19(25)12-7-6-11(8-13(12)20(17)26)21-10-4-2-1-3-5-10/h1-9,21,23-24H. The van der Waals surface area contributed by atoms with Crippen molar-refractivity contribution in [2.45, 2.75) is 0 Å². The number of anilines is 2. The molecule has 0 spiro atoms. The summed E-state index contributed by atoms with van der Waals surface area (Å²) < 4.78 is 0. The first-order valence-corrected chi connectivity index (χ1v) is 8.17. The fraction of sp³-hybridized carbons (Fsp3) is 0. The molecule has 0 amide bonds. The van der Waals surface area contributed by atoms with Gasteiger partial charge in [0.1, 0.15) is 11.3 Å². The molecule has 0 aromatic heterocycles. The lowest BCUT2D eigenvalue weighted by molar-refractivity contribution is -0.386. The number of nitrogens with one attached hydrogen (secondary N) is 1. The number of nitro groups is 1. The molecule has 0 aliphatic heterocycles. The van der Waals surface area contributed by atoms with Gasteiger partial charge >= 0.3 is 5.69 Å². The van der Waals surface area contributed by atoms with Gasteiger partial charge in [0.25, 0.3) is 0 Å². The van der Waals surface area contributed by atoms with Crippen LogP contribution in [-0.2, 0) is 0 Å². The quantitative estimate of drug-likeness (QED) is 0.368. The fourth-order valence-corrected chi connectivity index (χ4v) is 3.25. The molecule has 0 unspecified atom stereocenters. The number of phenolic OH excluding ortho intramolecular Hbond substituents is 2. The summed E-state index contributed by atoms with van der Waals surface area (Å²) in [5, 5.41) is 34.3. The summed E-state index contributed by atoms with van der Waals surface area (Å²) in [4.78, 5) is 36.2. The van der Waals surface area contributed by atoms with Crippen molar-refractivity contribution in [3.05, 3.63) is 87.0 Å². The van der Waals surface area contributed by atoms with Gasteiger partial charge in [0.05, 0.1) is 10.5 Å². The lowest BCUT2D eigenvalue weighted by Crippen LogP contribution is -2.22. The Kier molecular flexibility index (Phi) is 3.82. The molecule has 138 valence electrons. The molecule has 1 aliphatic rings. The summed E-state index contributed by atoms with van der Waals surface area (Å²) in [7, 11) is 0. The molecule has 0 fully saturated rings. The van der Waals surface area contributed by atoms with Gasteiger partial charge in [-0.2, -0.15) is 0 Å². The van der Waals surface area contributed by atoms with Gasteiger partial charge in [-0.15, -0.1) is 0 Å². The minimum atomic E-state index is -0.949. The van der Waals surface area contributed by atoms with E-state index in [0.717, 1.165) is 5.69 Å². The van der Waals surface area contributed by atoms with Crippen LogP contribution in [-0.4, -0.2) is 26.7 Å². The zero-order valence-electron chi connectivity index (χ0n) is 14.2. The van der Waals surface area contributed by atoms with E-state index in [2.05, 4.69) is 5.32 Å². The fourth-order valence-electron chi connectivity index (χ4n) is 3.25. The molecule has 1 aliphatic carbocycles. The van der Waals surface area contributed by atoms with E-state index in [0.29, 0.717) is 11.8 Å². The highest BCUT2D eigenvalue weighted by molar-refractivity contribution is 6.31. The van der Waals surface area contributed by atoms with Gasteiger partial charge in [-0.3, -0.25) is 19.7 Å². The molecular formula is C20H12N2O6. The van der Waals surface area contributed by atoms with Crippen molar-refractivity contribution >= 4 is 28.6 Å². The maximum absolute atomic E-state index is 13.0. The largest absolute Gasteiger partial charge is 0.507 e. The van der Waals surface area contributed by atoms with Crippen LogP contribution in [0.25, 0.3) is 0 Å². The minimum absolute atomic E-state index is 0.0198. The number of hydrogen-bond acceptors (Lipinski definition) is 7. The first-order valence-electron chi connectivity index (χ1n) is 8.17. The molecule has 28 heavy (non-hydrogen) atoms. The second-order valence-corrected chi connectivity index (χ2v) is 6.18. The van der Waals surface area contributed by atoms with E-state index in [1.165, 1.54) is 12.1 Å². The van der Waals surface area contributed by atoms with Gasteiger partial charge in [-0.1, -0.05) is 18.2 Å². The van der Waals surface area contributed by atoms with Crippen LogP contribution in [0.3, 0.4) is 0 Å². The van der Waals surface area contributed by atoms with E-state index in [9.17, 15) is 29.9 Å². The van der Waals surface area contributed by atoms with Crippen molar-refractivity contribution < 1.29 is 24.7 Å². The Morgan fingerprint density at radius 1 is 0.786 bits per heavy atom. The lowest BCUT2D eigenvalue weighted by atomic mass is 9.82. The van der Waals surface area contributed by atoms with Crippen molar-refractivity contribution in [2.75, 3.05) is 5.32 Å². The summed E-state index contributed by atoms with van der Waals surface area (Å²) in [6.45, 7) is 0. The van der Waals surface area contributed by atoms with Gasteiger partial charge < -0.3 is 15.5 Å². The number of benzene rings is 3. The average Bonchev–Trinajstić information content (AvgIpc) is 2.66. The highest BCUT2D eigenvalue weighted by atomic mass is 16.6. The van der Waals surface area contributed by atoms with E-state index in [1.54, 1.807) is 6.07 Å². The Labute approximate surface area is 157 Å². The van der Waals surface area contributed by atoms with Crippen LogP contribution < -0.4 is 5.32 Å². The Hall–Kier alpha value is -4.20. The predicted octanol–water partition coefficient (Wildman–Crippen LogP) is 3.53. The van der Waals surface area contributed by atoms with Crippen molar-refractivity contribution in [1.29, 1.82) is 0 Å². The summed E-state index contributed by atoms with van der Waals surface area (Å²) in [6.07, 6.45) is 0. The molecule has 8 heteroatoms. The van der Waals surface area contributed by atoms with Gasteiger partial charge in [0.15, 0.2) is 11.5 Å². The maximum atomic E-state index is 13.0. The van der Waals surface area contributed by atoms with Crippen molar-refractivity contribution in [3.63, 3.8) is 0 Å². The number of carbonyl (C=O) groups is 2. The van der Waals surface area contributed by atoms with Crippen LogP contribution in [0.5, 0.6) is 11.5 Å². The summed E-state index contributed by atoms with van der Waals surface area (Å²) >= 11 is 0. The van der Waals surface area contributed by atoms with Gasteiger partial charge in [0.2, 0.25) is 5.78 Å².